The van der Waals surface area contributed by atoms with Gasteiger partial charge in [-0.25, -0.2) is 0 Å². The van der Waals surface area contributed by atoms with E-state index in [0.717, 1.165) is 19.8 Å². The zero-order valence-corrected chi connectivity index (χ0v) is 12.5. The fraction of sp³-hybridized carbons (Fsp3) is 0.154. The molecule has 0 aliphatic heterocycles. The first kappa shape index (κ1) is 12.9. The molecule has 2 rings (SSSR count). The third-order valence-electron chi connectivity index (χ3n) is 2.34. The maximum absolute atomic E-state index is 11.9. The topological polar surface area (TPSA) is 17.1 Å². The van der Waals surface area contributed by atoms with Gasteiger partial charge in [0.25, 0.3) is 0 Å². The Labute approximate surface area is 117 Å². The second-order valence-electron chi connectivity index (χ2n) is 3.56. The molecule has 0 N–H and O–H groups in total. The molecule has 0 fully saturated rings. The van der Waals surface area contributed by atoms with Crippen LogP contribution in [0.2, 0.25) is 0 Å². The third kappa shape index (κ3) is 3.44. The van der Waals surface area contributed by atoms with Crippen molar-refractivity contribution >= 4 is 44.8 Å². The van der Waals surface area contributed by atoms with E-state index in [4.69, 9.17) is 0 Å². The molecular weight excluding hydrogens is 316 g/mol. The van der Waals surface area contributed by atoms with Crippen LogP contribution in [0.25, 0.3) is 0 Å². The van der Waals surface area contributed by atoms with Gasteiger partial charge >= 0.3 is 0 Å². The van der Waals surface area contributed by atoms with Crippen molar-refractivity contribution in [2.24, 2.45) is 0 Å². The van der Waals surface area contributed by atoms with E-state index in [1.807, 2.05) is 42.6 Å². The number of benzene rings is 1. The van der Waals surface area contributed by atoms with Crippen LogP contribution < -0.4 is 0 Å². The molecule has 1 aromatic heterocycles. The fourth-order valence-electron chi connectivity index (χ4n) is 1.43. The van der Waals surface area contributed by atoms with Gasteiger partial charge in [-0.15, -0.1) is 23.1 Å². The van der Waals surface area contributed by atoms with Crippen LogP contribution in [0.15, 0.2) is 45.1 Å². The van der Waals surface area contributed by atoms with Crippen molar-refractivity contribution in [2.45, 2.75) is 11.8 Å². The minimum Gasteiger partial charge on any atom is -0.293 e. The normalized spacial score (nSPS) is 10.5. The summed E-state index contributed by atoms with van der Waals surface area (Å²) in [5.74, 6) is 0.704. The van der Waals surface area contributed by atoms with Crippen LogP contribution in [0.3, 0.4) is 0 Å². The summed E-state index contributed by atoms with van der Waals surface area (Å²) < 4.78 is 1.06. The molecule has 2 aromatic rings. The molecule has 0 radical (unpaired) electrons. The lowest BCUT2D eigenvalue weighted by molar-refractivity contribution is 0.102. The van der Waals surface area contributed by atoms with Gasteiger partial charge in [0.1, 0.15) is 0 Å². The van der Waals surface area contributed by atoms with Gasteiger partial charge in [0.2, 0.25) is 0 Å². The molecule has 0 aliphatic carbocycles. The van der Waals surface area contributed by atoms with Crippen LogP contribution in [-0.4, -0.2) is 11.5 Å². The number of aryl methyl sites for hydroxylation is 1. The van der Waals surface area contributed by atoms with Crippen molar-refractivity contribution in [1.82, 2.24) is 0 Å². The largest absolute Gasteiger partial charge is 0.293 e. The van der Waals surface area contributed by atoms with Gasteiger partial charge in [0, 0.05) is 19.8 Å². The monoisotopic (exact) mass is 326 g/mol. The number of ketones is 1. The average molecular weight is 327 g/mol. The van der Waals surface area contributed by atoms with Crippen molar-refractivity contribution in [1.29, 1.82) is 0 Å². The van der Waals surface area contributed by atoms with Crippen LogP contribution in [0.4, 0.5) is 0 Å². The van der Waals surface area contributed by atoms with Gasteiger partial charge in [-0.2, -0.15) is 0 Å². The number of hydrogen-bond acceptors (Lipinski definition) is 3. The Kier molecular flexibility index (Phi) is 4.42. The SMILES string of the molecule is Cc1sccc1C(=O)CSc1ccc(Br)cc1. The lowest BCUT2D eigenvalue weighted by Crippen LogP contribution is -2.01. The maximum Gasteiger partial charge on any atom is 0.174 e. The Morgan fingerprint density at radius 2 is 2.00 bits per heavy atom. The Morgan fingerprint density at radius 3 is 2.59 bits per heavy atom. The lowest BCUT2D eigenvalue weighted by atomic mass is 10.2. The molecule has 17 heavy (non-hydrogen) atoms. The summed E-state index contributed by atoms with van der Waals surface area (Å²) >= 11 is 6.59. The maximum atomic E-state index is 11.9. The Morgan fingerprint density at radius 1 is 1.29 bits per heavy atom. The molecule has 0 unspecified atom stereocenters. The van der Waals surface area contributed by atoms with Gasteiger partial charge in [0.15, 0.2) is 5.78 Å². The highest BCUT2D eigenvalue weighted by Gasteiger charge is 2.10. The first-order valence-corrected chi connectivity index (χ1v) is 7.78. The second kappa shape index (κ2) is 5.85. The van der Waals surface area contributed by atoms with E-state index in [2.05, 4.69) is 15.9 Å². The van der Waals surface area contributed by atoms with Crippen molar-refractivity contribution in [3.63, 3.8) is 0 Å². The Bertz CT molecular complexity index is 516. The predicted molar refractivity (Wildman–Crippen MR) is 78.3 cm³/mol. The van der Waals surface area contributed by atoms with Crippen molar-refractivity contribution in [2.75, 3.05) is 5.75 Å². The number of carbonyl (C=O) groups excluding carboxylic acids is 1. The van der Waals surface area contributed by atoms with E-state index < -0.39 is 0 Å². The quantitative estimate of drug-likeness (QED) is 0.593. The highest BCUT2D eigenvalue weighted by molar-refractivity contribution is 9.10. The number of thiophene rings is 1. The van der Waals surface area contributed by atoms with Gasteiger partial charge in [-0.3, -0.25) is 4.79 Å². The van der Waals surface area contributed by atoms with E-state index in [0.29, 0.717) is 5.75 Å². The van der Waals surface area contributed by atoms with Gasteiger partial charge in [-0.05, 0) is 42.6 Å². The molecule has 0 bridgehead atoms. The van der Waals surface area contributed by atoms with Crippen LogP contribution >= 0.6 is 39.0 Å². The van der Waals surface area contributed by atoms with Crippen LogP contribution in [0.5, 0.6) is 0 Å². The molecule has 1 aromatic carbocycles. The number of rotatable bonds is 4. The highest BCUT2D eigenvalue weighted by atomic mass is 79.9. The summed E-state index contributed by atoms with van der Waals surface area (Å²) in [7, 11) is 0. The number of thioether (sulfide) groups is 1. The van der Waals surface area contributed by atoms with Crippen molar-refractivity contribution in [3.8, 4) is 0 Å². The summed E-state index contributed by atoms with van der Waals surface area (Å²) in [4.78, 5) is 14.2. The predicted octanol–water partition coefficient (Wildman–Crippen LogP) is 4.79. The molecule has 0 saturated heterocycles. The summed E-state index contributed by atoms with van der Waals surface area (Å²) in [6.45, 7) is 1.99. The third-order valence-corrected chi connectivity index (χ3v) is 4.73. The van der Waals surface area contributed by atoms with Gasteiger partial charge < -0.3 is 0 Å². The van der Waals surface area contributed by atoms with Crippen molar-refractivity contribution in [3.05, 3.63) is 50.6 Å². The molecule has 0 amide bonds. The summed E-state index contributed by atoms with van der Waals surface area (Å²) in [6, 6.07) is 9.92. The first-order chi connectivity index (χ1) is 8.16. The number of Topliss-reactive ketones (excluding diaryl/α,β-unsaturated/α-hetero) is 1. The van der Waals surface area contributed by atoms with Crippen molar-refractivity contribution < 1.29 is 4.79 Å². The minimum atomic E-state index is 0.205. The molecule has 0 spiro atoms. The smallest absolute Gasteiger partial charge is 0.174 e. The van der Waals surface area contributed by atoms with E-state index >= 15 is 0 Å². The van der Waals surface area contributed by atoms with E-state index in [9.17, 15) is 4.79 Å². The molecule has 0 saturated carbocycles. The van der Waals surface area contributed by atoms with E-state index in [1.54, 1.807) is 23.1 Å². The minimum absolute atomic E-state index is 0.205. The molecular formula is C13H11BrOS2. The number of carbonyl (C=O) groups is 1. The fourth-order valence-corrected chi connectivity index (χ4v) is 3.19. The highest BCUT2D eigenvalue weighted by Crippen LogP contribution is 2.23. The first-order valence-electron chi connectivity index (χ1n) is 5.12. The number of halogens is 1. The standard InChI is InChI=1S/C13H11BrOS2/c1-9-12(6-7-16-9)13(15)8-17-11-4-2-10(14)3-5-11/h2-7H,8H2,1H3. The molecule has 0 atom stereocenters. The van der Waals surface area contributed by atoms with Crippen LogP contribution in [0, 0.1) is 6.92 Å². The zero-order valence-electron chi connectivity index (χ0n) is 9.27. The van der Waals surface area contributed by atoms with E-state index in [1.165, 1.54) is 0 Å². The average Bonchev–Trinajstić information content (AvgIpc) is 2.74. The van der Waals surface area contributed by atoms with Gasteiger partial charge in [-0.1, -0.05) is 15.9 Å². The summed E-state index contributed by atoms with van der Waals surface area (Å²) in [5.41, 5.74) is 0.861. The Balaban J connectivity index is 1.97. The second-order valence-corrected chi connectivity index (χ2v) is 6.64. The molecule has 88 valence electrons. The van der Waals surface area contributed by atoms with Gasteiger partial charge in [0.05, 0.1) is 5.75 Å². The Hall–Kier alpha value is -0.580. The summed E-state index contributed by atoms with van der Waals surface area (Å²) in [6.07, 6.45) is 0. The molecule has 1 heterocycles. The van der Waals surface area contributed by atoms with Crippen LogP contribution in [0.1, 0.15) is 15.2 Å². The molecule has 0 aliphatic rings. The zero-order chi connectivity index (χ0) is 12.3. The lowest BCUT2D eigenvalue weighted by Gasteiger charge is -2.01. The van der Waals surface area contributed by atoms with E-state index in [-0.39, 0.29) is 5.78 Å². The molecule has 1 nitrogen and oxygen atoms in total. The summed E-state index contributed by atoms with van der Waals surface area (Å²) in [5, 5.41) is 1.97. The number of hydrogen-bond donors (Lipinski definition) is 0. The molecule has 4 heteroatoms. The van der Waals surface area contributed by atoms with Crippen LogP contribution in [-0.2, 0) is 0 Å².